The van der Waals surface area contributed by atoms with E-state index in [0.29, 0.717) is 17.7 Å². The number of carbonyl (C=O) groups is 3. The minimum atomic E-state index is -0.475. The third-order valence-corrected chi connectivity index (χ3v) is 4.98. The van der Waals surface area contributed by atoms with Crippen molar-refractivity contribution < 1.29 is 14.4 Å². The van der Waals surface area contributed by atoms with Crippen molar-refractivity contribution in [1.82, 2.24) is 4.90 Å². The lowest BCUT2D eigenvalue weighted by Crippen LogP contribution is -2.35. The first-order chi connectivity index (χ1) is 11.2. The lowest BCUT2D eigenvalue weighted by atomic mass is 9.94. The molecule has 1 aromatic carbocycles. The van der Waals surface area contributed by atoms with Crippen molar-refractivity contribution in [1.29, 1.82) is 0 Å². The van der Waals surface area contributed by atoms with E-state index in [1.807, 2.05) is 24.3 Å². The van der Waals surface area contributed by atoms with Crippen LogP contribution in [0, 0.1) is 5.92 Å². The van der Waals surface area contributed by atoms with Gasteiger partial charge >= 0.3 is 0 Å². The number of allylic oxidation sites excluding steroid dienone is 3. The maximum absolute atomic E-state index is 12.6. The van der Waals surface area contributed by atoms with E-state index in [0.717, 1.165) is 9.80 Å². The first-order valence-electron chi connectivity index (χ1n) is 7.19. The van der Waals surface area contributed by atoms with Gasteiger partial charge in [-0.15, -0.1) is 0 Å². The molecule has 0 spiro atoms. The Labute approximate surface area is 136 Å². The molecule has 1 saturated heterocycles. The van der Waals surface area contributed by atoms with Crippen LogP contribution in [0.15, 0.2) is 64.1 Å². The molecule has 1 unspecified atom stereocenters. The summed E-state index contributed by atoms with van der Waals surface area (Å²) < 4.78 is 0. The fourth-order valence-electron chi connectivity index (χ4n) is 2.88. The number of likely N-dealkylation sites (tertiary alicyclic amines) is 1. The van der Waals surface area contributed by atoms with Crippen molar-refractivity contribution in [2.75, 3.05) is 5.32 Å². The Morgan fingerprint density at radius 2 is 2.00 bits per heavy atom. The second kappa shape index (κ2) is 5.24. The highest BCUT2D eigenvalue weighted by Crippen LogP contribution is 2.37. The van der Waals surface area contributed by atoms with E-state index in [-0.39, 0.29) is 11.6 Å². The van der Waals surface area contributed by atoms with E-state index in [1.54, 1.807) is 23.6 Å². The van der Waals surface area contributed by atoms with Gasteiger partial charge in [0.2, 0.25) is 5.91 Å². The number of hydrogen-bond acceptors (Lipinski definition) is 4. The average Bonchev–Trinajstić information content (AvgIpc) is 2.71. The van der Waals surface area contributed by atoms with Crippen LogP contribution in [0.2, 0.25) is 0 Å². The Hall–Kier alpha value is -2.60. The minimum absolute atomic E-state index is 0.0801. The van der Waals surface area contributed by atoms with Gasteiger partial charge in [0.1, 0.15) is 5.70 Å². The number of thioether (sulfide) groups is 1. The third-order valence-electron chi connectivity index (χ3n) is 4.03. The molecular weight excluding hydrogens is 312 g/mol. The summed E-state index contributed by atoms with van der Waals surface area (Å²) in [4.78, 5) is 39.5. The molecule has 1 atom stereocenters. The molecule has 1 aliphatic carbocycles. The first kappa shape index (κ1) is 14.0. The molecule has 3 amide bonds. The zero-order valence-corrected chi connectivity index (χ0v) is 12.8. The highest BCUT2D eigenvalue weighted by Gasteiger charge is 2.46. The number of carbonyl (C=O) groups excluding carboxylic acids is 3. The monoisotopic (exact) mass is 324 g/mol. The quantitative estimate of drug-likeness (QED) is 0.806. The van der Waals surface area contributed by atoms with Crippen LogP contribution in [0.4, 0.5) is 5.69 Å². The molecule has 1 aromatic rings. The summed E-state index contributed by atoms with van der Waals surface area (Å²) in [5.74, 6) is -1.66. The fraction of sp³-hybridized carbons (Fsp3) is 0.118. The summed E-state index contributed by atoms with van der Waals surface area (Å²) in [5, 5.41) is 4.33. The van der Waals surface area contributed by atoms with Gasteiger partial charge < -0.3 is 5.32 Å². The zero-order valence-electron chi connectivity index (χ0n) is 12.0. The number of nitrogens with zero attached hydrogens (tertiary/aromatic N) is 1. The number of hydrogen-bond donors (Lipinski definition) is 1. The van der Waals surface area contributed by atoms with Crippen LogP contribution in [-0.4, -0.2) is 22.6 Å². The van der Waals surface area contributed by atoms with Gasteiger partial charge in [-0.25, -0.2) is 4.90 Å². The standard InChI is InChI=1S/C17H12N2O3S/c20-15-13(9-23-14-8-4-3-7-12(14)18-15)19-16(21)10-5-1-2-6-11(10)17(19)22/h1-5,7-9,11H,6H2,(H,18,20). The Balaban J connectivity index is 1.71. The number of benzene rings is 1. The largest absolute Gasteiger partial charge is 0.320 e. The number of imide groups is 1. The predicted molar refractivity (Wildman–Crippen MR) is 86.2 cm³/mol. The smallest absolute Gasteiger partial charge is 0.273 e. The summed E-state index contributed by atoms with van der Waals surface area (Å²) in [6.07, 6.45) is 5.78. The van der Waals surface area contributed by atoms with Gasteiger partial charge in [-0.2, -0.15) is 0 Å². The van der Waals surface area contributed by atoms with Crippen molar-refractivity contribution in [2.24, 2.45) is 5.92 Å². The van der Waals surface area contributed by atoms with Gasteiger partial charge in [-0.3, -0.25) is 14.4 Å². The number of para-hydroxylation sites is 1. The van der Waals surface area contributed by atoms with Crippen LogP contribution < -0.4 is 5.32 Å². The predicted octanol–water partition coefficient (Wildman–Crippen LogP) is 2.44. The lowest BCUT2D eigenvalue weighted by Gasteiger charge is -2.16. The third kappa shape index (κ3) is 2.14. The van der Waals surface area contributed by atoms with Crippen LogP contribution in [-0.2, 0) is 14.4 Å². The van der Waals surface area contributed by atoms with Crippen molar-refractivity contribution in [3.63, 3.8) is 0 Å². The van der Waals surface area contributed by atoms with Crippen LogP contribution >= 0.6 is 11.8 Å². The van der Waals surface area contributed by atoms with Crippen LogP contribution in [0.1, 0.15) is 6.42 Å². The summed E-state index contributed by atoms with van der Waals surface area (Å²) >= 11 is 1.32. The van der Waals surface area contributed by atoms with Gasteiger partial charge in [0.25, 0.3) is 11.8 Å². The second-order valence-electron chi connectivity index (χ2n) is 5.39. The minimum Gasteiger partial charge on any atom is -0.320 e. The number of anilines is 1. The molecule has 4 rings (SSSR count). The highest BCUT2D eigenvalue weighted by molar-refractivity contribution is 8.02. The molecule has 0 bridgehead atoms. The number of amides is 3. The van der Waals surface area contributed by atoms with Gasteiger partial charge in [0.15, 0.2) is 0 Å². The van der Waals surface area contributed by atoms with Gasteiger partial charge in [0, 0.05) is 15.9 Å². The molecule has 0 saturated carbocycles. The van der Waals surface area contributed by atoms with Crippen LogP contribution in [0.5, 0.6) is 0 Å². The number of rotatable bonds is 1. The van der Waals surface area contributed by atoms with Crippen molar-refractivity contribution in [3.05, 3.63) is 59.2 Å². The molecule has 2 aliphatic heterocycles. The molecule has 0 radical (unpaired) electrons. The summed E-state index contributed by atoms with van der Waals surface area (Å²) in [5.41, 5.74) is 1.21. The maximum Gasteiger partial charge on any atom is 0.273 e. The first-order valence-corrected chi connectivity index (χ1v) is 8.07. The van der Waals surface area contributed by atoms with Gasteiger partial charge in [-0.05, 0) is 18.6 Å². The Morgan fingerprint density at radius 3 is 2.83 bits per heavy atom. The fourth-order valence-corrected chi connectivity index (χ4v) is 3.74. The molecule has 1 fully saturated rings. The van der Waals surface area contributed by atoms with E-state index in [4.69, 9.17) is 0 Å². The zero-order chi connectivity index (χ0) is 16.0. The average molecular weight is 324 g/mol. The van der Waals surface area contributed by atoms with E-state index in [1.165, 1.54) is 11.8 Å². The van der Waals surface area contributed by atoms with Crippen molar-refractivity contribution in [2.45, 2.75) is 11.3 Å². The summed E-state index contributed by atoms with van der Waals surface area (Å²) in [7, 11) is 0. The second-order valence-corrected chi connectivity index (χ2v) is 6.30. The molecule has 0 aromatic heterocycles. The van der Waals surface area contributed by atoms with Crippen LogP contribution in [0.3, 0.4) is 0 Å². The number of nitrogens with one attached hydrogen (secondary N) is 1. The Morgan fingerprint density at radius 1 is 1.17 bits per heavy atom. The molecular formula is C17H12N2O3S. The molecule has 2 heterocycles. The lowest BCUT2D eigenvalue weighted by molar-refractivity contribution is -0.138. The molecule has 114 valence electrons. The normalized spacial score (nSPS) is 22.9. The van der Waals surface area contributed by atoms with Gasteiger partial charge in [-0.1, -0.05) is 42.1 Å². The molecule has 3 aliphatic rings. The molecule has 6 heteroatoms. The highest BCUT2D eigenvalue weighted by atomic mass is 32.2. The number of fused-ring (bicyclic) bond motifs is 2. The van der Waals surface area contributed by atoms with Crippen molar-refractivity contribution in [3.8, 4) is 0 Å². The van der Waals surface area contributed by atoms with E-state index >= 15 is 0 Å². The molecule has 1 N–H and O–H groups in total. The SMILES string of the molecule is O=C1Nc2ccccc2SC=C1N1C(=O)C2=CC=CCC2C1=O. The van der Waals surface area contributed by atoms with Gasteiger partial charge in [0.05, 0.1) is 11.6 Å². The van der Waals surface area contributed by atoms with E-state index in [2.05, 4.69) is 5.32 Å². The topological polar surface area (TPSA) is 66.5 Å². The Bertz CT molecular complexity index is 838. The van der Waals surface area contributed by atoms with Crippen molar-refractivity contribution >= 4 is 35.2 Å². The molecule has 5 nitrogen and oxygen atoms in total. The van der Waals surface area contributed by atoms with E-state index in [9.17, 15) is 14.4 Å². The maximum atomic E-state index is 12.6. The summed E-state index contributed by atoms with van der Waals surface area (Å²) in [6.45, 7) is 0. The van der Waals surface area contributed by atoms with E-state index < -0.39 is 17.7 Å². The van der Waals surface area contributed by atoms with Crippen LogP contribution in [0.25, 0.3) is 0 Å². The summed E-state index contributed by atoms with van der Waals surface area (Å²) in [6, 6.07) is 7.35. The molecule has 23 heavy (non-hydrogen) atoms. The Kier molecular flexibility index (Phi) is 3.20.